The fraction of sp³-hybridized carbons (Fsp3) is 0.294. The van der Waals surface area contributed by atoms with Gasteiger partial charge in [0.2, 0.25) is 0 Å². The fourth-order valence-corrected chi connectivity index (χ4v) is 4.25. The second kappa shape index (κ2) is 9.72. The summed E-state index contributed by atoms with van der Waals surface area (Å²) in [5.74, 6) is 0. The molecular formula is C17H26NP. The Bertz CT molecular complexity index is 388. The highest BCUT2D eigenvalue weighted by molar-refractivity contribution is 7.73. The Kier molecular flexibility index (Phi) is 9.12. The topological polar surface area (TPSA) is 26.0 Å². The van der Waals surface area contributed by atoms with Gasteiger partial charge in [0.05, 0.1) is 0 Å². The Morgan fingerprint density at radius 1 is 0.737 bits per heavy atom. The van der Waals surface area contributed by atoms with Crippen molar-refractivity contribution in [2.24, 2.45) is 5.73 Å². The molecule has 0 heterocycles. The van der Waals surface area contributed by atoms with Gasteiger partial charge in [-0.3, -0.25) is 0 Å². The molecule has 19 heavy (non-hydrogen) atoms. The zero-order valence-electron chi connectivity index (χ0n) is 9.92. The summed E-state index contributed by atoms with van der Waals surface area (Å²) in [6, 6.07) is 21.6. The molecule has 2 aromatic carbocycles. The van der Waals surface area contributed by atoms with Crippen LogP contribution in [-0.2, 0) is 0 Å². The van der Waals surface area contributed by atoms with Crippen LogP contribution >= 0.6 is 7.92 Å². The highest BCUT2D eigenvalue weighted by atomic mass is 31.1. The number of rotatable bonds is 5. The molecule has 0 bridgehead atoms. The minimum absolute atomic E-state index is 0. The van der Waals surface area contributed by atoms with E-state index in [9.17, 15) is 0 Å². The van der Waals surface area contributed by atoms with Gasteiger partial charge in [-0.1, -0.05) is 75.5 Å². The van der Waals surface area contributed by atoms with Gasteiger partial charge in [-0.25, -0.2) is 0 Å². The molecule has 0 saturated carbocycles. The molecule has 2 heteroatoms. The number of nitrogens with two attached hydrogens (primary N) is 1. The zero-order chi connectivity index (χ0) is 11.9. The van der Waals surface area contributed by atoms with Crippen LogP contribution < -0.4 is 16.3 Å². The van der Waals surface area contributed by atoms with Crippen LogP contribution in [0.5, 0.6) is 0 Å². The molecule has 0 aromatic heterocycles. The third kappa shape index (κ3) is 5.14. The normalized spacial score (nSPS) is 9.58. The SMILES string of the molecule is C.C.NCCCP(c1ccccc1)c1ccccc1. The molecule has 2 rings (SSSR count). The summed E-state index contributed by atoms with van der Waals surface area (Å²) >= 11 is 0. The Balaban J connectivity index is 0.00000162. The van der Waals surface area contributed by atoms with Gasteiger partial charge < -0.3 is 5.73 Å². The average Bonchev–Trinajstić information content (AvgIpc) is 2.42. The highest BCUT2D eigenvalue weighted by Gasteiger charge is 2.11. The molecule has 2 N–H and O–H groups in total. The molecule has 0 aliphatic heterocycles. The summed E-state index contributed by atoms with van der Waals surface area (Å²) in [7, 11) is -0.237. The first kappa shape index (κ1) is 17.8. The van der Waals surface area contributed by atoms with Crippen LogP contribution in [0.3, 0.4) is 0 Å². The molecule has 0 radical (unpaired) electrons. The second-order valence-electron chi connectivity index (χ2n) is 3.96. The third-order valence-electron chi connectivity index (χ3n) is 2.72. The van der Waals surface area contributed by atoms with Crippen LogP contribution in [0.4, 0.5) is 0 Å². The number of hydrogen-bond donors (Lipinski definition) is 1. The Hall–Kier alpha value is -1.17. The van der Waals surface area contributed by atoms with Gasteiger partial charge in [0.15, 0.2) is 0 Å². The molecular weight excluding hydrogens is 249 g/mol. The van der Waals surface area contributed by atoms with Crippen LogP contribution in [0.25, 0.3) is 0 Å². The molecule has 0 saturated heterocycles. The fourth-order valence-electron chi connectivity index (χ4n) is 1.87. The molecule has 0 unspecified atom stereocenters. The van der Waals surface area contributed by atoms with E-state index in [0.717, 1.165) is 13.0 Å². The second-order valence-corrected chi connectivity index (χ2v) is 6.30. The van der Waals surface area contributed by atoms with Gasteiger partial charge >= 0.3 is 0 Å². The minimum Gasteiger partial charge on any atom is -0.330 e. The van der Waals surface area contributed by atoms with Crippen molar-refractivity contribution < 1.29 is 0 Å². The van der Waals surface area contributed by atoms with Crippen LogP contribution in [0.15, 0.2) is 60.7 Å². The standard InChI is InChI=1S/C15H18NP.2CH4/c16-12-7-13-17(14-8-3-1-4-9-14)15-10-5-2-6-11-15;;/h1-6,8-11H,7,12-13,16H2;2*1H4. The van der Waals surface area contributed by atoms with Crippen molar-refractivity contribution in [3.63, 3.8) is 0 Å². The Labute approximate surface area is 119 Å². The lowest BCUT2D eigenvalue weighted by molar-refractivity contribution is 0.940. The molecule has 0 spiro atoms. The van der Waals surface area contributed by atoms with Crippen LogP contribution in [0.2, 0.25) is 0 Å². The van der Waals surface area contributed by atoms with Crippen molar-refractivity contribution in [3.05, 3.63) is 60.7 Å². The number of hydrogen-bond acceptors (Lipinski definition) is 1. The lowest BCUT2D eigenvalue weighted by Gasteiger charge is -2.18. The monoisotopic (exact) mass is 275 g/mol. The van der Waals surface area contributed by atoms with E-state index in [4.69, 9.17) is 5.73 Å². The van der Waals surface area contributed by atoms with Gasteiger partial charge in [-0.2, -0.15) is 0 Å². The molecule has 0 atom stereocenters. The van der Waals surface area contributed by atoms with Gasteiger partial charge in [-0.15, -0.1) is 0 Å². The summed E-state index contributed by atoms with van der Waals surface area (Å²) in [4.78, 5) is 0. The van der Waals surface area contributed by atoms with Gasteiger partial charge in [0, 0.05) is 0 Å². The summed E-state index contributed by atoms with van der Waals surface area (Å²) in [5.41, 5.74) is 5.64. The first-order valence-corrected chi connectivity index (χ1v) is 7.52. The van der Waals surface area contributed by atoms with Crippen molar-refractivity contribution in [3.8, 4) is 0 Å². The van der Waals surface area contributed by atoms with E-state index in [1.54, 1.807) is 0 Å². The molecule has 0 aliphatic rings. The molecule has 1 nitrogen and oxygen atoms in total. The molecule has 2 aromatic rings. The van der Waals surface area contributed by atoms with E-state index in [-0.39, 0.29) is 22.8 Å². The van der Waals surface area contributed by atoms with E-state index in [1.165, 1.54) is 16.8 Å². The maximum absolute atomic E-state index is 5.64. The van der Waals surface area contributed by atoms with Crippen LogP contribution in [0, 0.1) is 0 Å². The molecule has 0 aliphatic carbocycles. The van der Waals surface area contributed by atoms with E-state index < -0.39 is 0 Å². The Morgan fingerprint density at radius 2 is 1.16 bits per heavy atom. The van der Waals surface area contributed by atoms with Gasteiger partial charge in [0.1, 0.15) is 0 Å². The summed E-state index contributed by atoms with van der Waals surface area (Å²) in [6.45, 7) is 0.776. The van der Waals surface area contributed by atoms with Crippen LogP contribution in [-0.4, -0.2) is 12.7 Å². The predicted molar refractivity (Wildman–Crippen MR) is 91.1 cm³/mol. The van der Waals surface area contributed by atoms with E-state index in [2.05, 4.69) is 60.7 Å². The molecule has 0 amide bonds. The van der Waals surface area contributed by atoms with Crippen molar-refractivity contribution >= 4 is 18.5 Å². The maximum atomic E-state index is 5.64. The van der Waals surface area contributed by atoms with E-state index in [1.807, 2.05) is 0 Å². The van der Waals surface area contributed by atoms with Crippen LogP contribution in [0.1, 0.15) is 21.3 Å². The summed E-state index contributed by atoms with van der Waals surface area (Å²) in [6.07, 6.45) is 2.27. The largest absolute Gasteiger partial charge is 0.330 e. The predicted octanol–water partition coefficient (Wildman–Crippen LogP) is 3.74. The van der Waals surface area contributed by atoms with Crippen molar-refractivity contribution in [1.82, 2.24) is 0 Å². The minimum atomic E-state index is -0.237. The number of benzene rings is 2. The van der Waals surface area contributed by atoms with Gasteiger partial charge in [0.25, 0.3) is 0 Å². The van der Waals surface area contributed by atoms with Gasteiger partial charge in [-0.05, 0) is 37.7 Å². The average molecular weight is 275 g/mol. The third-order valence-corrected chi connectivity index (χ3v) is 5.33. The van der Waals surface area contributed by atoms with Crippen molar-refractivity contribution in [2.75, 3.05) is 12.7 Å². The Morgan fingerprint density at radius 3 is 1.53 bits per heavy atom. The lowest BCUT2D eigenvalue weighted by atomic mass is 10.4. The maximum Gasteiger partial charge on any atom is -0.00737 e. The lowest BCUT2D eigenvalue weighted by Crippen LogP contribution is -2.15. The first-order valence-electron chi connectivity index (χ1n) is 5.99. The van der Waals surface area contributed by atoms with E-state index in [0.29, 0.717) is 0 Å². The highest BCUT2D eigenvalue weighted by Crippen LogP contribution is 2.33. The first-order chi connectivity index (χ1) is 8.42. The zero-order valence-corrected chi connectivity index (χ0v) is 10.8. The van der Waals surface area contributed by atoms with E-state index >= 15 is 0 Å². The van der Waals surface area contributed by atoms with Crippen molar-refractivity contribution in [2.45, 2.75) is 21.3 Å². The summed E-state index contributed by atoms with van der Waals surface area (Å²) < 4.78 is 0. The van der Waals surface area contributed by atoms with Crippen molar-refractivity contribution in [1.29, 1.82) is 0 Å². The molecule has 104 valence electrons. The smallest absolute Gasteiger partial charge is 0.00737 e. The summed E-state index contributed by atoms with van der Waals surface area (Å²) in [5, 5.41) is 2.89. The quantitative estimate of drug-likeness (QED) is 0.827. The molecule has 0 fully saturated rings.